The highest BCUT2D eigenvalue weighted by atomic mass is 19.1. The van der Waals surface area contributed by atoms with Crippen LogP contribution in [-0.2, 0) is 23.9 Å². The molecule has 5 aliphatic rings. The Balaban J connectivity index is 1.46. The fraction of sp³-hybridized carbons (Fsp3) is 0.865. The zero-order chi connectivity index (χ0) is 32.8. The molecule has 44 heavy (non-hydrogen) atoms. The normalized spacial score (nSPS) is 46.0. The van der Waals surface area contributed by atoms with Crippen LogP contribution in [0.15, 0.2) is 12.2 Å². The van der Waals surface area contributed by atoms with Gasteiger partial charge in [-0.25, -0.2) is 4.39 Å². The molecule has 0 heterocycles. The van der Waals surface area contributed by atoms with Crippen molar-refractivity contribution in [3.05, 3.63) is 12.2 Å². The molecule has 0 aromatic heterocycles. The number of halogens is 1. The highest BCUT2D eigenvalue weighted by molar-refractivity contribution is 5.81. The van der Waals surface area contributed by atoms with Gasteiger partial charge in [0.05, 0.1) is 24.4 Å². The highest BCUT2D eigenvalue weighted by Gasteiger charge is 2.73. The quantitative estimate of drug-likeness (QED) is 0.239. The van der Waals surface area contributed by atoms with E-state index in [4.69, 9.17) is 9.47 Å². The first kappa shape index (κ1) is 33.4. The summed E-state index contributed by atoms with van der Waals surface area (Å²) in [6.45, 7) is 20.9. The summed E-state index contributed by atoms with van der Waals surface area (Å²) in [5, 5.41) is 9.51. The average Bonchev–Trinajstić information content (AvgIpc) is 3.31. The van der Waals surface area contributed by atoms with Gasteiger partial charge in [-0.3, -0.25) is 14.4 Å². The third-order valence-corrected chi connectivity index (χ3v) is 14.9. The standard InChI is InChI=1S/C37H57FO6/c1-21(2)22-13-16-37(31(42)43-10)18-17-35(8)23(28(22)37)11-12-26-34(7)19-24(38)29(44-27(39)20-32(3,4)30(40)41)33(5,6)25(34)14-15-36(26,35)9/h22-26,28-29H,1,11-20H2,2-10H3,(H,40,41)/t22-,23+,24+,25-,26+,28+,29-,34-,35+,36+,37-/m0/s1. The maximum Gasteiger partial charge on any atom is 0.312 e. The Morgan fingerprint density at radius 3 is 2.18 bits per heavy atom. The lowest BCUT2D eigenvalue weighted by molar-refractivity contribution is -0.260. The largest absolute Gasteiger partial charge is 0.481 e. The van der Waals surface area contributed by atoms with Gasteiger partial charge in [-0.15, -0.1) is 0 Å². The molecule has 0 bridgehead atoms. The lowest BCUT2D eigenvalue weighted by Crippen LogP contribution is -2.68. The van der Waals surface area contributed by atoms with Gasteiger partial charge < -0.3 is 14.6 Å². The summed E-state index contributed by atoms with van der Waals surface area (Å²) in [6, 6.07) is 0. The van der Waals surface area contributed by atoms with Gasteiger partial charge in [-0.1, -0.05) is 46.8 Å². The molecule has 5 saturated carbocycles. The number of carbonyl (C=O) groups excluding carboxylic acids is 2. The third-order valence-electron chi connectivity index (χ3n) is 14.9. The Morgan fingerprint density at radius 2 is 1.59 bits per heavy atom. The molecule has 0 saturated heterocycles. The number of allylic oxidation sites excluding steroid dienone is 1. The number of esters is 2. The minimum Gasteiger partial charge on any atom is -0.481 e. The molecule has 0 unspecified atom stereocenters. The van der Waals surface area contributed by atoms with Crippen LogP contribution in [0.5, 0.6) is 0 Å². The average molecular weight is 617 g/mol. The Bertz CT molecular complexity index is 1220. The van der Waals surface area contributed by atoms with Gasteiger partial charge in [-0.05, 0) is 124 Å². The van der Waals surface area contributed by atoms with Gasteiger partial charge in [0.1, 0.15) is 12.3 Å². The van der Waals surface area contributed by atoms with Crippen molar-refractivity contribution in [1.29, 1.82) is 0 Å². The van der Waals surface area contributed by atoms with E-state index in [1.807, 2.05) is 0 Å². The Kier molecular flexibility index (Phi) is 8.02. The fourth-order valence-corrected chi connectivity index (χ4v) is 12.6. The summed E-state index contributed by atoms with van der Waals surface area (Å²) in [5.74, 6) is -0.362. The SMILES string of the molecule is C=C(C)[C@@H]1CC[C@]2(C(=O)OC)CC[C@]3(C)[C@H](CC[C@@H]4[C@@]5(C)C[C@@H](F)[C@H](OC(=O)CC(C)(C)C(=O)O)C(C)(C)[C@@H]5CC[C@]43C)[C@@H]12. The van der Waals surface area contributed by atoms with Gasteiger partial charge >= 0.3 is 17.9 Å². The number of carboxylic acids is 1. The number of fused-ring (bicyclic) bond motifs is 7. The van der Waals surface area contributed by atoms with E-state index in [-0.39, 0.29) is 40.5 Å². The topological polar surface area (TPSA) is 89.9 Å². The smallest absolute Gasteiger partial charge is 0.312 e. The van der Waals surface area contributed by atoms with Crippen molar-refractivity contribution >= 4 is 17.9 Å². The number of rotatable bonds is 6. The van der Waals surface area contributed by atoms with E-state index >= 15 is 4.39 Å². The molecule has 248 valence electrons. The maximum atomic E-state index is 16.5. The number of alkyl halides is 1. The monoisotopic (exact) mass is 616 g/mol. The van der Waals surface area contributed by atoms with Gasteiger partial charge in [0.25, 0.3) is 0 Å². The molecule has 11 atom stereocenters. The van der Waals surface area contributed by atoms with E-state index in [1.165, 1.54) is 26.5 Å². The van der Waals surface area contributed by atoms with Crippen LogP contribution in [0.2, 0.25) is 0 Å². The first-order chi connectivity index (χ1) is 20.2. The first-order valence-corrected chi connectivity index (χ1v) is 17.0. The predicted molar refractivity (Wildman–Crippen MR) is 167 cm³/mol. The van der Waals surface area contributed by atoms with Crippen molar-refractivity contribution in [2.75, 3.05) is 7.11 Å². The molecule has 5 rings (SSSR count). The Hall–Kier alpha value is -1.92. The van der Waals surface area contributed by atoms with Crippen molar-refractivity contribution in [2.45, 2.75) is 132 Å². The molecule has 0 amide bonds. The van der Waals surface area contributed by atoms with Gasteiger partial charge in [0, 0.05) is 5.41 Å². The number of methoxy groups -OCH3 is 1. The van der Waals surface area contributed by atoms with Gasteiger partial charge in [0.15, 0.2) is 0 Å². The minimum absolute atomic E-state index is 0.00576. The minimum atomic E-state index is -1.32. The number of carbonyl (C=O) groups is 3. The summed E-state index contributed by atoms with van der Waals surface area (Å²) in [5.41, 5.74) is -1.41. The first-order valence-electron chi connectivity index (χ1n) is 17.0. The second-order valence-corrected chi connectivity index (χ2v) is 17.7. The van der Waals surface area contributed by atoms with Crippen LogP contribution >= 0.6 is 0 Å². The predicted octanol–water partition coefficient (Wildman–Crippen LogP) is 8.18. The molecule has 5 aliphatic carbocycles. The van der Waals surface area contributed by atoms with E-state index in [2.05, 4.69) is 48.1 Å². The van der Waals surface area contributed by atoms with Crippen LogP contribution in [0, 0.1) is 62.1 Å². The van der Waals surface area contributed by atoms with Crippen LogP contribution in [0.25, 0.3) is 0 Å². The summed E-state index contributed by atoms with van der Waals surface area (Å²) >= 11 is 0. The molecule has 7 heteroatoms. The number of hydrogen-bond acceptors (Lipinski definition) is 5. The highest BCUT2D eigenvalue weighted by Crippen LogP contribution is 2.77. The molecule has 5 fully saturated rings. The molecular formula is C37H57FO6. The molecule has 0 aromatic rings. The Labute approximate surface area is 264 Å². The zero-order valence-electron chi connectivity index (χ0n) is 28.7. The molecule has 1 N–H and O–H groups in total. The van der Waals surface area contributed by atoms with Gasteiger partial charge in [0.2, 0.25) is 0 Å². The van der Waals surface area contributed by atoms with E-state index in [9.17, 15) is 19.5 Å². The number of hydrogen-bond donors (Lipinski definition) is 1. The lowest BCUT2D eigenvalue weighted by Gasteiger charge is -2.73. The summed E-state index contributed by atoms with van der Waals surface area (Å²) in [6.07, 6.45) is 5.47. The zero-order valence-corrected chi connectivity index (χ0v) is 28.7. The van der Waals surface area contributed by atoms with Crippen molar-refractivity contribution in [2.24, 2.45) is 62.1 Å². The van der Waals surface area contributed by atoms with Crippen molar-refractivity contribution in [3.63, 3.8) is 0 Å². The van der Waals surface area contributed by atoms with Crippen LogP contribution < -0.4 is 0 Å². The Morgan fingerprint density at radius 1 is 0.932 bits per heavy atom. The van der Waals surface area contributed by atoms with E-state index in [1.54, 1.807) is 0 Å². The number of carboxylic acid groups (broad SMARTS) is 1. The molecule has 6 nitrogen and oxygen atoms in total. The van der Waals surface area contributed by atoms with Crippen molar-refractivity contribution in [3.8, 4) is 0 Å². The summed E-state index contributed by atoms with van der Waals surface area (Å²) < 4.78 is 27.8. The van der Waals surface area contributed by atoms with Crippen LogP contribution in [0.4, 0.5) is 4.39 Å². The molecule has 0 aromatic carbocycles. The van der Waals surface area contributed by atoms with Crippen LogP contribution in [-0.4, -0.2) is 42.4 Å². The van der Waals surface area contributed by atoms with Gasteiger partial charge in [-0.2, -0.15) is 0 Å². The maximum absolute atomic E-state index is 16.5. The molecule has 0 aliphatic heterocycles. The van der Waals surface area contributed by atoms with E-state index in [0.717, 1.165) is 51.4 Å². The molecule has 0 spiro atoms. The van der Waals surface area contributed by atoms with Crippen LogP contribution in [0.3, 0.4) is 0 Å². The summed E-state index contributed by atoms with van der Waals surface area (Å²) in [4.78, 5) is 38.1. The number of ether oxygens (including phenoxy) is 2. The fourth-order valence-electron chi connectivity index (χ4n) is 12.6. The van der Waals surface area contributed by atoms with Crippen molar-refractivity contribution in [1.82, 2.24) is 0 Å². The third kappa shape index (κ3) is 4.47. The van der Waals surface area contributed by atoms with Crippen LogP contribution in [0.1, 0.15) is 120 Å². The lowest BCUT2D eigenvalue weighted by atomic mass is 9.32. The summed E-state index contributed by atoms with van der Waals surface area (Å²) in [7, 11) is 1.53. The van der Waals surface area contributed by atoms with E-state index in [0.29, 0.717) is 24.2 Å². The van der Waals surface area contributed by atoms with Crippen molar-refractivity contribution < 1.29 is 33.4 Å². The van der Waals surface area contributed by atoms with E-state index < -0.39 is 40.5 Å². The second-order valence-electron chi connectivity index (χ2n) is 17.7. The second kappa shape index (κ2) is 10.6. The molecule has 0 radical (unpaired) electrons. The number of aliphatic carboxylic acids is 1. The molecular weight excluding hydrogens is 559 g/mol.